The van der Waals surface area contributed by atoms with Crippen molar-refractivity contribution in [3.05, 3.63) is 29.8 Å². The number of carbonyl (C=O) groups is 2. The first-order valence-corrected chi connectivity index (χ1v) is 5.00. The summed E-state index contributed by atoms with van der Waals surface area (Å²) in [5, 5.41) is 0. The average Bonchev–Trinajstić information content (AvgIpc) is 2.14. The highest BCUT2D eigenvalue weighted by atomic mass is 79.9. The fourth-order valence-corrected chi connectivity index (χ4v) is 1.26. The highest BCUT2D eigenvalue weighted by Gasteiger charge is 2.35. The van der Waals surface area contributed by atoms with Crippen LogP contribution >= 0.6 is 15.9 Å². The molecule has 0 unspecified atom stereocenters. The number of carbonyl (C=O) groups excluding carboxylic acids is 2. The topological polar surface area (TPSA) is 43.4 Å². The van der Waals surface area contributed by atoms with E-state index in [2.05, 4.69) is 4.74 Å². The van der Waals surface area contributed by atoms with E-state index >= 15 is 0 Å². The van der Waals surface area contributed by atoms with Gasteiger partial charge in [0, 0.05) is 12.5 Å². The lowest BCUT2D eigenvalue weighted by molar-refractivity contribution is -0.131. The average molecular weight is 293 g/mol. The van der Waals surface area contributed by atoms with Gasteiger partial charge in [-0.2, -0.15) is 8.78 Å². The summed E-state index contributed by atoms with van der Waals surface area (Å²) < 4.78 is 30.0. The van der Waals surface area contributed by atoms with Crippen molar-refractivity contribution in [3.8, 4) is 5.75 Å². The van der Waals surface area contributed by atoms with Crippen LogP contribution in [0.1, 0.15) is 17.3 Å². The van der Waals surface area contributed by atoms with Crippen LogP contribution in [0.3, 0.4) is 0 Å². The number of Topliss-reactive ketones (excluding diaryl/α,β-unsaturated/α-hetero) is 1. The number of ketones is 1. The van der Waals surface area contributed by atoms with Gasteiger partial charge in [0.05, 0.1) is 0 Å². The van der Waals surface area contributed by atoms with Crippen molar-refractivity contribution in [1.29, 1.82) is 0 Å². The number of halogens is 3. The molecule has 6 heteroatoms. The second-order valence-corrected chi connectivity index (χ2v) is 3.94. The first-order chi connectivity index (χ1) is 7.30. The zero-order chi connectivity index (χ0) is 12.3. The SMILES string of the molecule is CC(=O)Oc1cccc(C(=O)C(F)(F)Br)c1. The van der Waals surface area contributed by atoms with Crippen LogP contribution in [0.2, 0.25) is 0 Å². The standard InChI is InChI=1S/C10H7BrF2O3/c1-6(14)16-8-4-2-3-7(5-8)9(15)10(11,12)13/h2-5H,1H3. The van der Waals surface area contributed by atoms with Crippen molar-refractivity contribution < 1.29 is 23.1 Å². The van der Waals surface area contributed by atoms with Gasteiger partial charge in [0.2, 0.25) is 5.78 Å². The summed E-state index contributed by atoms with van der Waals surface area (Å²) in [7, 11) is 0. The van der Waals surface area contributed by atoms with Gasteiger partial charge in [0.15, 0.2) is 0 Å². The second kappa shape index (κ2) is 4.69. The van der Waals surface area contributed by atoms with Gasteiger partial charge < -0.3 is 4.74 Å². The van der Waals surface area contributed by atoms with Gasteiger partial charge in [-0.3, -0.25) is 9.59 Å². The fourth-order valence-electron chi connectivity index (χ4n) is 1.03. The van der Waals surface area contributed by atoms with Gasteiger partial charge >= 0.3 is 10.8 Å². The van der Waals surface area contributed by atoms with E-state index in [1.165, 1.54) is 25.1 Å². The maximum atomic E-state index is 12.7. The molecule has 0 atom stereocenters. The first-order valence-electron chi connectivity index (χ1n) is 4.20. The molecule has 0 radical (unpaired) electrons. The molecule has 0 saturated heterocycles. The first kappa shape index (κ1) is 12.8. The third-order valence-corrected chi connectivity index (χ3v) is 1.98. The molecule has 86 valence electrons. The molecule has 1 aromatic carbocycles. The summed E-state index contributed by atoms with van der Waals surface area (Å²) in [5.74, 6) is -1.92. The van der Waals surface area contributed by atoms with Crippen molar-refractivity contribution in [2.75, 3.05) is 0 Å². The largest absolute Gasteiger partial charge is 0.427 e. The van der Waals surface area contributed by atoms with Crippen LogP contribution in [0.5, 0.6) is 5.75 Å². The van der Waals surface area contributed by atoms with Gasteiger partial charge in [-0.1, -0.05) is 12.1 Å². The third-order valence-electron chi connectivity index (χ3n) is 1.62. The van der Waals surface area contributed by atoms with Gasteiger partial charge in [-0.25, -0.2) is 0 Å². The Bertz CT molecular complexity index is 426. The molecule has 0 amide bonds. The lowest BCUT2D eigenvalue weighted by Gasteiger charge is -2.08. The van der Waals surface area contributed by atoms with Gasteiger partial charge in [-0.05, 0) is 28.1 Å². The number of ether oxygens (including phenoxy) is 1. The van der Waals surface area contributed by atoms with E-state index in [0.717, 1.165) is 6.07 Å². The van der Waals surface area contributed by atoms with Crippen molar-refractivity contribution >= 4 is 27.7 Å². The Hall–Kier alpha value is -1.30. The molecule has 0 aliphatic rings. The fraction of sp³-hybridized carbons (Fsp3) is 0.200. The van der Waals surface area contributed by atoms with E-state index in [9.17, 15) is 18.4 Å². The van der Waals surface area contributed by atoms with Crippen LogP contribution in [-0.2, 0) is 4.79 Å². The predicted molar refractivity (Wildman–Crippen MR) is 56.0 cm³/mol. The van der Waals surface area contributed by atoms with E-state index < -0.39 is 16.6 Å². The molecule has 1 rings (SSSR count). The molecule has 0 bridgehead atoms. The Balaban J connectivity index is 2.99. The predicted octanol–water partition coefficient (Wildman–Crippen LogP) is 2.78. The molecule has 0 N–H and O–H groups in total. The van der Waals surface area contributed by atoms with E-state index in [4.69, 9.17) is 0 Å². The maximum Gasteiger partial charge on any atom is 0.363 e. The summed E-state index contributed by atoms with van der Waals surface area (Å²) in [5.41, 5.74) is -0.236. The molecule has 0 saturated carbocycles. The second-order valence-electron chi connectivity index (χ2n) is 2.95. The number of benzene rings is 1. The summed E-state index contributed by atoms with van der Waals surface area (Å²) in [6.07, 6.45) is 0. The smallest absolute Gasteiger partial charge is 0.363 e. The molecule has 0 fully saturated rings. The lowest BCUT2D eigenvalue weighted by atomic mass is 10.1. The summed E-state index contributed by atoms with van der Waals surface area (Å²) in [6.45, 7) is 1.17. The van der Waals surface area contributed by atoms with Crippen LogP contribution in [0.25, 0.3) is 0 Å². The van der Waals surface area contributed by atoms with E-state index in [1.54, 1.807) is 0 Å². The van der Waals surface area contributed by atoms with Gasteiger partial charge in [-0.15, -0.1) is 0 Å². The Morgan fingerprint density at radius 3 is 2.50 bits per heavy atom. The molecular weight excluding hydrogens is 286 g/mol. The molecule has 16 heavy (non-hydrogen) atoms. The molecule has 0 spiro atoms. The van der Waals surface area contributed by atoms with Crippen LogP contribution < -0.4 is 4.74 Å². The molecule has 0 aromatic heterocycles. The Morgan fingerprint density at radius 2 is 2.00 bits per heavy atom. The minimum atomic E-state index is -3.62. The number of rotatable bonds is 3. The molecule has 1 aromatic rings. The number of hydrogen-bond donors (Lipinski definition) is 0. The maximum absolute atomic E-state index is 12.7. The third kappa shape index (κ3) is 3.37. The Morgan fingerprint density at radius 1 is 1.38 bits per heavy atom. The molecule has 3 nitrogen and oxygen atoms in total. The quantitative estimate of drug-likeness (QED) is 0.372. The van der Waals surface area contributed by atoms with Crippen molar-refractivity contribution in [2.24, 2.45) is 0 Å². The van der Waals surface area contributed by atoms with Crippen LogP contribution in [0, 0.1) is 0 Å². The highest BCUT2D eigenvalue weighted by molar-refractivity contribution is 9.10. The lowest BCUT2D eigenvalue weighted by Crippen LogP contribution is -2.20. The Labute approximate surface area is 98.5 Å². The zero-order valence-corrected chi connectivity index (χ0v) is 9.75. The van der Waals surface area contributed by atoms with Crippen molar-refractivity contribution in [3.63, 3.8) is 0 Å². The van der Waals surface area contributed by atoms with E-state index in [1.807, 2.05) is 15.9 Å². The molecular formula is C10H7BrF2O3. The summed E-state index contributed by atoms with van der Waals surface area (Å²) in [4.78, 5) is 18.2. The highest BCUT2D eigenvalue weighted by Crippen LogP contribution is 2.28. The summed E-state index contributed by atoms with van der Waals surface area (Å²) in [6, 6.07) is 5.04. The minimum absolute atomic E-state index is 0.0510. The Kier molecular flexibility index (Phi) is 3.74. The molecule has 0 heterocycles. The van der Waals surface area contributed by atoms with E-state index in [0.29, 0.717) is 0 Å². The number of esters is 1. The molecule has 0 aliphatic carbocycles. The van der Waals surface area contributed by atoms with E-state index in [-0.39, 0.29) is 11.3 Å². The van der Waals surface area contributed by atoms with Crippen molar-refractivity contribution in [2.45, 2.75) is 11.8 Å². The number of alkyl halides is 3. The minimum Gasteiger partial charge on any atom is -0.427 e. The number of hydrogen-bond acceptors (Lipinski definition) is 3. The van der Waals surface area contributed by atoms with Crippen molar-refractivity contribution in [1.82, 2.24) is 0 Å². The van der Waals surface area contributed by atoms with Crippen LogP contribution in [-0.4, -0.2) is 16.6 Å². The summed E-state index contributed by atoms with van der Waals surface area (Å²) >= 11 is 1.97. The van der Waals surface area contributed by atoms with Crippen LogP contribution in [0.15, 0.2) is 24.3 Å². The molecule has 0 aliphatic heterocycles. The van der Waals surface area contributed by atoms with Gasteiger partial charge in [0.25, 0.3) is 0 Å². The zero-order valence-electron chi connectivity index (χ0n) is 8.17. The normalized spacial score (nSPS) is 11.0. The van der Waals surface area contributed by atoms with Gasteiger partial charge in [0.1, 0.15) is 5.75 Å². The monoisotopic (exact) mass is 292 g/mol. The van der Waals surface area contributed by atoms with Crippen LogP contribution in [0.4, 0.5) is 8.78 Å².